The molecule has 106 valence electrons. The van der Waals surface area contributed by atoms with Gasteiger partial charge < -0.3 is 15.1 Å². The molecule has 2 unspecified atom stereocenters. The number of nitrogens with zero attached hydrogens (tertiary/aromatic N) is 2. The minimum Gasteiger partial charge on any atom is -0.316 e. The molecule has 0 aromatic heterocycles. The van der Waals surface area contributed by atoms with E-state index < -0.39 is 0 Å². The van der Waals surface area contributed by atoms with Gasteiger partial charge in [0.05, 0.1) is 0 Å². The molecule has 2 atom stereocenters. The third kappa shape index (κ3) is 4.52. The van der Waals surface area contributed by atoms with Gasteiger partial charge in [-0.05, 0) is 78.3 Å². The summed E-state index contributed by atoms with van der Waals surface area (Å²) in [4.78, 5) is 5.12. The van der Waals surface area contributed by atoms with Gasteiger partial charge in [-0.3, -0.25) is 0 Å². The van der Waals surface area contributed by atoms with Crippen molar-refractivity contribution in [2.75, 3.05) is 46.8 Å². The molecule has 2 rings (SSSR count). The summed E-state index contributed by atoms with van der Waals surface area (Å²) in [5.74, 6) is 0.882. The molecule has 2 fully saturated rings. The first-order valence-corrected chi connectivity index (χ1v) is 7.85. The highest BCUT2D eigenvalue weighted by atomic mass is 15.1. The summed E-state index contributed by atoms with van der Waals surface area (Å²) in [7, 11) is 4.60. The lowest BCUT2D eigenvalue weighted by Gasteiger charge is -2.34. The van der Waals surface area contributed by atoms with E-state index in [1.165, 1.54) is 71.2 Å². The summed E-state index contributed by atoms with van der Waals surface area (Å²) >= 11 is 0. The van der Waals surface area contributed by atoms with Crippen LogP contribution in [0.15, 0.2) is 0 Å². The molecule has 0 saturated carbocycles. The average molecular weight is 253 g/mol. The van der Waals surface area contributed by atoms with Gasteiger partial charge in [0, 0.05) is 12.6 Å². The Morgan fingerprint density at radius 3 is 2.83 bits per heavy atom. The van der Waals surface area contributed by atoms with Crippen LogP contribution in [-0.2, 0) is 0 Å². The number of hydrogen-bond donors (Lipinski definition) is 1. The Morgan fingerprint density at radius 2 is 2.11 bits per heavy atom. The molecule has 0 spiro atoms. The van der Waals surface area contributed by atoms with Gasteiger partial charge in [0.15, 0.2) is 0 Å². The molecule has 3 heteroatoms. The standard InChI is InChI=1S/C15H31N3/c1-17(13-14-6-5-9-16-12-14)11-8-15-7-3-4-10-18(15)2/h14-16H,3-13H2,1-2H3. The second kappa shape index (κ2) is 7.46. The summed E-state index contributed by atoms with van der Waals surface area (Å²) < 4.78 is 0. The topological polar surface area (TPSA) is 18.5 Å². The lowest BCUT2D eigenvalue weighted by molar-refractivity contribution is 0.153. The fraction of sp³-hybridized carbons (Fsp3) is 1.00. The molecule has 2 aliphatic heterocycles. The second-order valence-corrected chi connectivity index (χ2v) is 6.39. The van der Waals surface area contributed by atoms with Crippen molar-refractivity contribution in [1.29, 1.82) is 0 Å². The van der Waals surface area contributed by atoms with Crippen molar-refractivity contribution < 1.29 is 0 Å². The van der Waals surface area contributed by atoms with E-state index in [9.17, 15) is 0 Å². The maximum Gasteiger partial charge on any atom is 0.0104 e. The van der Waals surface area contributed by atoms with Gasteiger partial charge in [0.2, 0.25) is 0 Å². The van der Waals surface area contributed by atoms with Crippen molar-refractivity contribution >= 4 is 0 Å². The predicted octanol–water partition coefficient (Wildman–Crippen LogP) is 1.79. The Kier molecular flexibility index (Phi) is 5.93. The van der Waals surface area contributed by atoms with Gasteiger partial charge in [-0.2, -0.15) is 0 Å². The highest BCUT2D eigenvalue weighted by Crippen LogP contribution is 2.18. The van der Waals surface area contributed by atoms with Crippen LogP contribution in [0, 0.1) is 5.92 Å². The summed E-state index contributed by atoms with van der Waals surface area (Å²) in [6, 6.07) is 0.839. The van der Waals surface area contributed by atoms with E-state index in [0.717, 1.165) is 12.0 Å². The van der Waals surface area contributed by atoms with E-state index in [1.54, 1.807) is 0 Å². The van der Waals surface area contributed by atoms with Gasteiger partial charge in [-0.15, -0.1) is 0 Å². The summed E-state index contributed by atoms with van der Waals surface area (Å²) in [5.41, 5.74) is 0. The average Bonchev–Trinajstić information content (AvgIpc) is 2.39. The Labute approximate surface area is 113 Å². The number of nitrogens with one attached hydrogen (secondary N) is 1. The third-order valence-electron chi connectivity index (χ3n) is 4.73. The van der Waals surface area contributed by atoms with Crippen LogP contribution in [0.25, 0.3) is 0 Å². The minimum atomic E-state index is 0.839. The largest absolute Gasteiger partial charge is 0.316 e. The van der Waals surface area contributed by atoms with Crippen LogP contribution in [0.1, 0.15) is 38.5 Å². The van der Waals surface area contributed by atoms with Crippen LogP contribution in [0.3, 0.4) is 0 Å². The summed E-state index contributed by atoms with van der Waals surface area (Å²) in [6.45, 7) is 6.32. The first-order chi connectivity index (χ1) is 8.75. The van der Waals surface area contributed by atoms with Crippen LogP contribution in [0.5, 0.6) is 0 Å². The molecule has 2 heterocycles. The fourth-order valence-corrected chi connectivity index (χ4v) is 3.49. The summed E-state index contributed by atoms with van der Waals surface area (Å²) in [6.07, 6.45) is 8.38. The Bertz CT molecular complexity index is 226. The number of hydrogen-bond acceptors (Lipinski definition) is 3. The quantitative estimate of drug-likeness (QED) is 0.806. The van der Waals surface area contributed by atoms with E-state index >= 15 is 0 Å². The minimum absolute atomic E-state index is 0.839. The Morgan fingerprint density at radius 1 is 1.22 bits per heavy atom. The lowest BCUT2D eigenvalue weighted by atomic mass is 9.98. The van der Waals surface area contributed by atoms with Crippen LogP contribution in [0.4, 0.5) is 0 Å². The van der Waals surface area contributed by atoms with Crippen molar-refractivity contribution in [2.45, 2.75) is 44.6 Å². The number of piperidine rings is 2. The highest BCUT2D eigenvalue weighted by molar-refractivity contribution is 4.76. The molecule has 2 aliphatic rings. The van der Waals surface area contributed by atoms with E-state index in [1.807, 2.05) is 0 Å². The van der Waals surface area contributed by atoms with Gasteiger partial charge >= 0.3 is 0 Å². The molecule has 2 saturated heterocycles. The number of likely N-dealkylation sites (tertiary alicyclic amines) is 1. The van der Waals surface area contributed by atoms with Crippen LogP contribution in [0.2, 0.25) is 0 Å². The van der Waals surface area contributed by atoms with Crippen LogP contribution >= 0.6 is 0 Å². The van der Waals surface area contributed by atoms with Gasteiger partial charge in [0.1, 0.15) is 0 Å². The third-order valence-corrected chi connectivity index (χ3v) is 4.73. The summed E-state index contributed by atoms with van der Waals surface area (Å²) in [5, 5.41) is 3.52. The molecular formula is C15H31N3. The molecule has 1 N–H and O–H groups in total. The highest BCUT2D eigenvalue weighted by Gasteiger charge is 2.20. The van der Waals surface area contributed by atoms with E-state index in [4.69, 9.17) is 0 Å². The smallest absolute Gasteiger partial charge is 0.0104 e. The van der Waals surface area contributed by atoms with Gasteiger partial charge in [0.25, 0.3) is 0 Å². The van der Waals surface area contributed by atoms with Gasteiger partial charge in [-0.1, -0.05) is 6.42 Å². The molecule has 3 nitrogen and oxygen atoms in total. The maximum atomic E-state index is 3.52. The lowest BCUT2D eigenvalue weighted by Crippen LogP contribution is -2.40. The SMILES string of the molecule is CN(CCC1CCCCN1C)CC1CCCNC1. The van der Waals surface area contributed by atoms with E-state index in [-0.39, 0.29) is 0 Å². The Balaban J connectivity index is 1.62. The zero-order chi connectivity index (χ0) is 12.8. The van der Waals surface area contributed by atoms with E-state index in [0.29, 0.717) is 0 Å². The molecule has 0 radical (unpaired) electrons. The first kappa shape index (κ1) is 14.3. The molecule has 0 aromatic rings. The van der Waals surface area contributed by atoms with Crippen molar-refractivity contribution in [1.82, 2.24) is 15.1 Å². The Hall–Kier alpha value is -0.120. The fourth-order valence-electron chi connectivity index (χ4n) is 3.49. The first-order valence-electron chi connectivity index (χ1n) is 7.85. The van der Waals surface area contributed by atoms with E-state index in [2.05, 4.69) is 29.2 Å². The van der Waals surface area contributed by atoms with Crippen molar-refractivity contribution in [3.05, 3.63) is 0 Å². The zero-order valence-corrected chi connectivity index (χ0v) is 12.3. The molecule has 0 bridgehead atoms. The molecule has 0 aromatic carbocycles. The molecule has 0 amide bonds. The molecule has 0 aliphatic carbocycles. The number of rotatable bonds is 5. The second-order valence-electron chi connectivity index (χ2n) is 6.39. The molecular weight excluding hydrogens is 222 g/mol. The normalized spacial score (nSPS) is 30.8. The van der Waals surface area contributed by atoms with Crippen molar-refractivity contribution in [3.63, 3.8) is 0 Å². The maximum absolute atomic E-state index is 3.52. The molecule has 18 heavy (non-hydrogen) atoms. The van der Waals surface area contributed by atoms with Gasteiger partial charge in [-0.25, -0.2) is 0 Å². The zero-order valence-electron chi connectivity index (χ0n) is 12.3. The van der Waals surface area contributed by atoms with Crippen LogP contribution in [-0.4, -0.2) is 62.7 Å². The van der Waals surface area contributed by atoms with Crippen molar-refractivity contribution in [2.24, 2.45) is 5.92 Å². The van der Waals surface area contributed by atoms with Crippen LogP contribution < -0.4 is 5.32 Å². The van der Waals surface area contributed by atoms with Crippen molar-refractivity contribution in [3.8, 4) is 0 Å². The monoisotopic (exact) mass is 253 g/mol. The predicted molar refractivity (Wildman–Crippen MR) is 78.0 cm³/mol.